The zero-order valence-electron chi connectivity index (χ0n) is 6.32. The summed E-state index contributed by atoms with van der Waals surface area (Å²) in [6, 6.07) is 0. The zero-order valence-corrected chi connectivity index (χ0v) is 8.72. The first-order valence-corrected chi connectivity index (χ1v) is 5.13. The van der Waals surface area contributed by atoms with Crippen molar-refractivity contribution in [1.82, 2.24) is 4.98 Å². The van der Waals surface area contributed by atoms with Gasteiger partial charge in [0.15, 0.2) is 0 Å². The summed E-state index contributed by atoms with van der Waals surface area (Å²) in [7, 11) is 0. The highest BCUT2D eigenvalue weighted by Crippen LogP contribution is 2.32. The minimum absolute atomic E-state index is 0.110. The highest BCUT2D eigenvalue weighted by Gasteiger charge is 2.36. The van der Waals surface area contributed by atoms with E-state index >= 15 is 0 Å². The molecule has 1 fully saturated rings. The van der Waals surface area contributed by atoms with E-state index in [0.29, 0.717) is 5.01 Å². The lowest BCUT2D eigenvalue weighted by Crippen LogP contribution is -2.04. The van der Waals surface area contributed by atoms with E-state index in [9.17, 15) is 9.59 Å². The topological polar surface area (TPSA) is 56.3 Å². The zero-order chi connectivity index (χ0) is 9.42. The van der Waals surface area contributed by atoms with Gasteiger partial charge in [-0.05, 0) is 15.9 Å². The van der Waals surface area contributed by atoms with Gasteiger partial charge in [-0.15, -0.1) is 11.3 Å². The average molecular weight is 262 g/mol. The number of thiazole rings is 1. The van der Waals surface area contributed by atoms with Crippen LogP contribution in [0.3, 0.4) is 0 Å². The summed E-state index contributed by atoms with van der Waals surface area (Å²) in [5.41, 5.74) is 0. The minimum atomic E-state index is -0.496. The van der Waals surface area contributed by atoms with Gasteiger partial charge >= 0.3 is 11.9 Å². The van der Waals surface area contributed by atoms with Gasteiger partial charge in [-0.1, -0.05) is 0 Å². The van der Waals surface area contributed by atoms with Crippen LogP contribution >= 0.6 is 27.3 Å². The minimum Gasteiger partial charge on any atom is -0.393 e. The molecule has 0 N–H and O–H groups in total. The second-order valence-corrected chi connectivity index (χ2v) is 4.99. The van der Waals surface area contributed by atoms with Gasteiger partial charge < -0.3 is 4.74 Å². The van der Waals surface area contributed by atoms with Crippen LogP contribution in [0.4, 0.5) is 0 Å². The fourth-order valence-corrected chi connectivity index (χ4v) is 2.42. The quantitative estimate of drug-likeness (QED) is 0.568. The van der Waals surface area contributed by atoms with Crippen molar-refractivity contribution in [2.24, 2.45) is 0 Å². The lowest BCUT2D eigenvalue weighted by molar-refractivity contribution is -0.152. The Bertz CT molecular complexity index is 376. The molecule has 1 aliphatic heterocycles. The molecule has 0 spiro atoms. The van der Waals surface area contributed by atoms with Crippen LogP contribution in [-0.2, 0) is 14.3 Å². The van der Waals surface area contributed by atoms with Crippen molar-refractivity contribution in [2.45, 2.75) is 12.3 Å². The van der Waals surface area contributed by atoms with Crippen molar-refractivity contribution in [2.75, 3.05) is 0 Å². The Labute approximate surface area is 86.0 Å². The monoisotopic (exact) mass is 261 g/mol. The van der Waals surface area contributed by atoms with Crippen molar-refractivity contribution in [3.05, 3.63) is 15.0 Å². The molecule has 68 valence electrons. The molecule has 0 aromatic carbocycles. The summed E-state index contributed by atoms with van der Waals surface area (Å²) in [6.07, 6.45) is 1.72. The van der Waals surface area contributed by atoms with Crippen molar-refractivity contribution < 1.29 is 14.3 Å². The van der Waals surface area contributed by atoms with E-state index in [-0.39, 0.29) is 6.42 Å². The summed E-state index contributed by atoms with van der Waals surface area (Å²) in [4.78, 5) is 25.9. The van der Waals surface area contributed by atoms with Gasteiger partial charge in [0.1, 0.15) is 10.9 Å². The summed E-state index contributed by atoms with van der Waals surface area (Å²) >= 11 is 4.58. The predicted octanol–water partition coefficient (Wildman–Crippen LogP) is 1.46. The maximum absolute atomic E-state index is 11.1. The number of aromatic nitrogens is 1. The van der Waals surface area contributed by atoms with Crippen LogP contribution in [0.25, 0.3) is 0 Å². The SMILES string of the molecule is O=C1CC(c2ncc(Br)s2)C(=O)O1. The molecule has 0 aliphatic carbocycles. The first kappa shape index (κ1) is 8.83. The Morgan fingerprint density at radius 1 is 1.62 bits per heavy atom. The van der Waals surface area contributed by atoms with Gasteiger partial charge in [-0.2, -0.15) is 0 Å². The second kappa shape index (κ2) is 3.19. The molecule has 1 atom stereocenters. The number of halogens is 1. The van der Waals surface area contributed by atoms with E-state index in [1.807, 2.05) is 0 Å². The van der Waals surface area contributed by atoms with Crippen LogP contribution in [0.5, 0.6) is 0 Å². The van der Waals surface area contributed by atoms with Gasteiger partial charge in [0.05, 0.1) is 16.4 Å². The fourth-order valence-electron chi connectivity index (χ4n) is 1.09. The van der Waals surface area contributed by atoms with Crippen LogP contribution in [0.1, 0.15) is 17.3 Å². The summed E-state index contributed by atoms with van der Waals surface area (Å²) in [6.45, 7) is 0. The van der Waals surface area contributed by atoms with Gasteiger partial charge in [-0.25, -0.2) is 4.98 Å². The molecule has 0 amide bonds. The van der Waals surface area contributed by atoms with Crippen LogP contribution in [0, 0.1) is 0 Å². The standard InChI is InChI=1S/C7H4BrNO3S/c8-4-2-9-6(13-4)3-1-5(10)12-7(3)11/h2-3H,1H2. The third-order valence-corrected chi connectivity index (χ3v) is 3.25. The molecule has 0 radical (unpaired) electrons. The van der Waals surface area contributed by atoms with Crippen LogP contribution in [0.2, 0.25) is 0 Å². The molecule has 0 saturated carbocycles. The lowest BCUT2D eigenvalue weighted by Gasteiger charge is -1.96. The van der Waals surface area contributed by atoms with E-state index in [1.165, 1.54) is 11.3 Å². The maximum atomic E-state index is 11.1. The van der Waals surface area contributed by atoms with E-state index in [2.05, 4.69) is 25.7 Å². The normalized spacial score (nSPS) is 22.1. The Morgan fingerprint density at radius 3 is 2.85 bits per heavy atom. The van der Waals surface area contributed by atoms with Crippen LogP contribution < -0.4 is 0 Å². The van der Waals surface area contributed by atoms with Gasteiger partial charge in [0.2, 0.25) is 0 Å². The number of carbonyl (C=O) groups is 2. The number of hydrogen-bond acceptors (Lipinski definition) is 5. The molecular weight excluding hydrogens is 258 g/mol. The van der Waals surface area contributed by atoms with Crippen molar-refractivity contribution in [1.29, 1.82) is 0 Å². The van der Waals surface area contributed by atoms with Crippen LogP contribution in [0.15, 0.2) is 9.98 Å². The molecule has 0 bridgehead atoms. The Hall–Kier alpha value is -0.750. The molecule has 13 heavy (non-hydrogen) atoms. The van der Waals surface area contributed by atoms with Crippen LogP contribution in [-0.4, -0.2) is 16.9 Å². The number of carbonyl (C=O) groups excluding carboxylic acids is 2. The maximum Gasteiger partial charge on any atom is 0.324 e. The van der Waals surface area contributed by atoms with E-state index in [4.69, 9.17) is 0 Å². The number of cyclic esters (lactones) is 2. The van der Waals surface area contributed by atoms with E-state index in [0.717, 1.165) is 3.79 Å². The molecule has 2 heterocycles. The summed E-state index contributed by atoms with van der Waals surface area (Å²) in [5.74, 6) is -1.46. The molecule has 2 rings (SSSR count). The van der Waals surface area contributed by atoms with E-state index in [1.54, 1.807) is 6.20 Å². The molecule has 1 aromatic rings. The number of nitrogens with zero attached hydrogens (tertiary/aromatic N) is 1. The molecule has 1 aliphatic rings. The number of ether oxygens (including phenoxy) is 1. The van der Waals surface area contributed by atoms with Crippen molar-refractivity contribution in [3.63, 3.8) is 0 Å². The third-order valence-electron chi connectivity index (χ3n) is 1.66. The van der Waals surface area contributed by atoms with Gasteiger partial charge in [0.25, 0.3) is 0 Å². The molecule has 4 nitrogen and oxygen atoms in total. The Kier molecular flexibility index (Phi) is 2.17. The predicted molar refractivity (Wildman–Crippen MR) is 48.3 cm³/mol. The van der Waals surface area contributed by atoms with E-state index < -0.39 is 17.9 Å². The first-order chi connectivity index (χ1) is 6.16. The smallest absolute Gasteiger partial charge is 0.324 e. The summed E-state index contributed by atoms with van der Waals surface area (Å²) in [5, 5.41) is 0.628. The van der Waals surface area contributed by atoms with Crippen molar-refractivity contribution >= 4 is 39.2 Å². The first-order valence-electron chi connectivity index (χ1n) is 3.52. The third kappa shape index (κ3) is 1.64. The van der Waals surface area contributed by atoms with Gasteiger partial charge in [-0.3, -0.25) is 9.59 Å². The number of hydrogen-bond donors (Lipinski definition) is 0. The highest BCUT2D eigenvalue weighted by atomic mass is 79.9. The highest BCUT2D eigenvalue weighted by molar-refractivity contribution is 9.11. The largest absolute Gasteiger partial charge is 0.393 e. The second-order valence-electron chi connectivity index (χ2n) is 2.55. The number of rotatable bonds is 1. The number of esters is 2. The molecule has 1 aromatic heterocycles. The molecule has 1 unspecified atom stereocenters. The fraction of sp³-hybridized carbons (Fsp3) is 0.286. The Balaban J connectivity index is 2.27. The van der Waals surface area contributed by atoms with Crippen molar-refractivity contribution in [3.8, 4) is 0 Å². The average Bonchev–Trinajstić information content (AvgIpc) is 2.58. The molecule has 6 heteroatoms. The Morgan fingerprint density at radius 2 is 2.38 bits per heavy atom. The molecular formula is C7H4BrNO3S. The van der Waals surface area contributed by atoms with Gasteiger partial charge in [0, 0.05) is 0 Å². The summed E-state index contributed by atoms with van der Waals surface area (Å²) < 4.78 is 5.25. The molecule has 1 saturated heterocycles. The lowest BCUT2D eigenvalue weighted by atomic mass is 10.1.